The molecule has 0 aromatic rings. The van der Waals surface area contributed by atoms with Crippen LogP contribution in [0.15, 0.2) is 146 Å². The summed E-state index contributed by atoms with van der Waals surface area (Å²) in [4.78, 5) is 13.0. The van der Waals surface area contributed by atoms with Crippen molar-refractivity contribution in [1.29, 1.82) is 0 Å². The second kappa shape index (κ2) is 50.6. The van der Waals surface area contributed by atoms with Crippen molar-refractivity contribution in [2.45, 2.75) is 230 Å². The van der Waals surface area contributed by atoms with Gasteiger partial charge in [0.25, 0.3) is 0 Å². The standard InChI is InChI=1S/C63H101NO8/c1-3-5-7-9-11-13-15-16-17-18-19-20-21-22-23-24-25-26-27-28-29-30-31-32-33-34-35-36-37-38-39-40-41-42-43-45-47-49-51-53-59(67)64-56(55-71-63-62(70)61(69)60(68)58(54-65)72-63)57(66)52-50-48-46-44-14-12-10-8-6-4-2/h5,7,11,13-14,16-17,19-20,22-23,25-26,28-29,31-32,34-35,37-38,44,50,52,56-58,60-63,65-66,68-70H,3-4,6,8-10,12,15,18,21,24,27,30,33,36,39-43,45-49,51,53-55H2,1-2H3,(H,64,67)/b7-5-,13-11-,17-16-,20-19-,23-22-,26-25-,29-28-,32-31-,35-34-,38-37-,44-14+,52-50+. The van der Waals surface area contributed by atoms with E-state index < -0.39 is 49.5 Å². The molecule has 7 unspecified atom stereocenters. The summed E-state index contributed by atoms with van der Waals surface area (Å²) in [6.45, 7) is 3.57. The zero-order chi connectivity index (χ0) is 52.2. The van der Waals surface area contributed by atoms with E-state index in [1.54, 1.807) is 6.08 Å². The van der Waals surface area contributed by atoms with Crippen molar-refractivity contribution in [2.24, 2.45) is 0 Å². The molecule has 1 rings (SSSR count). The van der Waals surface area contributed by atoms with Crippen LogP contribution in [0.2, 0.25) is 0 Å². The van der Waals surface area contributed by atoms with Gasteiger partial charge in [0.2, 0.25) is 5.91 Å². The minimum absolute atomic E-state index is 0.205. The highest BCUT2D eigenvalue weighted by molar-refractivity contribution is 5.76. The zero-order valence-corrected chi connectivity index (χ0v) is 44.9. The number of hydrogen-bond acceptors (Lipinski definition) is 8. The molecule has 9 heteroatoms. The summed E-state index contributed by atoms with van der Waals surface area (Å²) >= 11 is 0. The Morgan fingerprint density at radius 3 is 1.33 bits per heavy atom. The Labute approximate surface area is 438 Å². The van der Waals surface area contributed by atoms with Gasteiger partial charge < -0.3 is 40.3 Å². The molecule has 72 heavy (non-hydrogen) atoms. The van der Waals surface area contributed by atoms with Gasteiger partial charge in [-0.2, -0.15) is 0 Å². The molecule has 1 saturated heterocycles. The van der Waals surface area contributed by atoms with E-state index in [2.05, 4.69) is 153 Å². The molecule has 6 N–H and O–H groups in total. The van der Waals surface area contributed by atoms with Gasteiger partial charge in [0.05, 0.1) is 25.4 Å². The van der Waals surface area contributed by atoms with Crippen molar-refractivity contribution in [3.05, 3.63) is 146 Å². The zero-order valence-electron chi connectivity index (χ0n) is 44.9. The maximum Gasteiger partial charge on any atom is 0.220 e. The SMILES string of the molecule is CC/C=C\C/C=C\C/C=C\C/C=C\C/C=C\C/C=C\C/C=C\C/C=C\C/C=C\C/C=C\CCCCCCCCCCC(=O)NC(COC1OC(CO)C(O)C(O)C1O)C(O)/C=C/CC/C=C/CCCCCC. The fourth-order valence-electron chi connectivity index (χ4n) is 7.73. The highest BCUT2D eigenvalue weighted by Gasteiger charge is 2.44. The van der Waals surface area contributed by atoms with E-state index in [-0.39, 0.29) is 12.5 Å². The number of ether oxygens (including phenoxy) is 2. The minimum atomic E-state index is -1.58. The van der Waals surface area contributed by atoms with Crippen molar-refractivity contribution in [1.82, 2.24) is 5.32 Å². The van der Waals surface area contributed by atoms with Crippen LogP contribution < -0.4 is 5.32 Å². The van der Waals surface area contributed by atoms with E-state index in [9.17, 15) is 30.3 Å². The molecule has 1 heterocycles. The van der Waals surface area contributed by atoms with Crippen LogP contribution in [0.1, 0.15) is 187 Å². The van der Waals surface area contributed by atoms with Crippen LogP contribution in [0.3, 0.4) is 0 Å². The van der Waals surface area contributed by atoms with Gasteiger partial charge in [0.15, 0.2) is 6.29 Å². The maximum absolute atomic E-state index is 13.0. The molecule has 0 spiro atoms. The molecule has 0 aromatic heterocycles. The second-order valence-electron chi connectivity index (χ2n) is 18.6. The third kappa shape index (κ3) is 39.6. The summed E-state index contributed by atoms with van der Waals surface area (Å²) in [5.41, 5.74) is 0. The molecule has 1 amide bonds. The van der Waals surface area contributed by atoms with E-state index in [4.69, 9.17) is 9.47 Å². The number of carbonyl (C=O) groups excluding carboxylic acids is 1. The third-order valence-electron chi connectivity index (χ3n) is 12.1. The number of hydrogen-bond donors (Lipinski definition) is 6. The fourth-order valence-corrected chi connectivity index (χ4v) is 7.73. The number of allylic oxidation sites excluding steroid dienone is 23. The predicted molar refractivity (Wildman–Crippen MR) is 303 cm³/mol. The van der Waals surface area contributed by atoms with E-state index >= 15 is 0 Å². The van der Waals surface area contributed by atoms with Crippen LogP contribution >= 0.6 is 0 Å². The van der Waals surface area contributed by atoms with Gasteiger partial charge in [-0.25, -0.2) is 0 Å². The average molecular weight is 1000 g/mol. The van der Waals surface area contributed by atoms with Crippen LogP contribution in [-0.4, -0.2) is 87.5 Å². The fraction of sp³-hybridized carbons (Fsp3) is 0.603. The molecule has 1 fully saturated rings. The van der Waals surface area contributed by atoms with Gasteiger partial charge in [-0.3, -0.25) is 4.79 Å². The van der Waals surface area contributed by atoms with Crippen molar-refractivity contribution in [3.63, 3.8) is 0 Å². The second-order valence-corrected chi connectivity index (χ2v) is 18.6. The molecule has 1 aliphatic heterocycles. The van der Waals surface area contributed by atoms with Gasteiger partial charge >= 0.3 is 0 Å². The highest BCUT2D eigenvalue weighted by atomic mass is 16.7. The van der Waals surface area contributed by atoms with Gasteiger partial charge in [0, 0.05) is 6.42 Å². The van der Waals surface area contributed by atoms with Crippen molar-refractivity contribution < 1.29 is 39.8 Å². The lowest BCUT2D eigenvalue weighted by atomic mass is 9.99. The van der Waals surface area contributed by atoms with Crippen molar-refractivity contribution >= 4 is 5.91 Å². The van der Waals surface area contributed by atoms with Crippen LogP contribution in [0.4, 0.5) is 0 Å². The van der Waals surface area contributed by atoms with Crippen LogP contribution in [0, 0.1) is 0 Å². The number of nitrogens with one attached hydrogen (secondary N) is 1. The lowest BCUT2D eigenvalue weighted by Crippen LogP contribution is -2.60. The van der Waals surface area contributed by atoms with Crippen LogP contribution in [0.25, 0.3) is 0 Å². The van der Waals surface area contributed by atoms with Crippen LogP contribution in [0.5, 0.6) is 0 Å². The number of aliphatic hydroxyl groups excluding tert-OH is 5. The molecular formula is C63H101NO8. The monoisotopic (exact) mass is 1000 g/mol. The Morgan fingerprint density at radius 1 is 0.486 bits per heavy atom. The molecule has 0 aromatic carbocycles. The molecule has 0 saturated carbocycles. The van der Waals surface area contributed by atoms with Gasteiger partial charge in [0.1, 0.15) is 24.4 Å². The first-order valence-corrected chi connectivity index (χ1v) is 28.1. The molecule has 9 nitrogen and oxygen atoms in total. The lowest BCUT2D eigenvalue weighted by Gasteiger charge is -2.40. The smallest absolute Gasteiger partial charge is 0.220 e. The number of amides is 1. The quantitative estimate of drug-likeness (QED) is 0.0261. The molecule has 7 atom stereocenters. The van der Waals surface area contributed by atoms with E-state index in [1.165, 1.54) is 51.4 Å². The topological polar surface area (TPSA) is 149 Å². The largest absolute Gasteiger partial charge is 0.394 e. The first-order chi connectivity index (χ1) is 35.3. The molecule has 406 valence electrons. The molecule has 0 bridgehead atoms. The normalized spacial score (nSPS) is 20.3. The summed E-state index contributed by atoms with van der Waals surface area (Å²) in [6.07, 6.45) is 72.1. The lowest BCUT2D eigenvalue weighted by molar-refractivity contribution is -0.302. The Bertz CT molecular complexity index is 1630. The number of rotatable bonds is 45. The number of unbranched alkanes of at least 4 members (excludes halogenated alkanes) is 13. The summed E-state index contributed by atoms with van der Waals surface area (Å²) in [7, 11) is 0. The van der Waals surface area contributed by atoms with Crippen molar-refractivity contribution in [3.8, 4) is 0 Å². The van der Waals surface area contributed by atoms with Crippen molar-refractivity contribution in [2.75, 3.05) is 13.2 Å². The summed E-state index contributed by atoms with van der Waals surface area (Å²) in [5, 5.41) is 54.2. The van der Waals surface area contributed by atoms with E-state index in [0.29, 0.717) is 6.42 Å². The Morgan fingerprint density at radius 2 is 0.875 bits per heavy atom. The maximum atomic E-state index is 13.0. The number of aliphatic hydroxyl groups is 5. The first kappa shape index (κ1) is 66.1. The van der Waals surface area contributed by atoms with Crippen LogP contribution in [-0.2, 0) is 14.3 Å². The van der Waals surface area contributed by atoms with Gasteiger partial charge in [-0.15, -0.1) is 0 Å². The molecule has 0 radical (unpaired) electrons. The molecule has 0 aliphatic carbocycles. The van der Waals surface area contributed by atoms with Gasteiger partial charge in [-0.1, -0.05) is 217 Å². The van der Waals surface area contributed by atoms with E-state index in [1.807, 2.05) is 6.08 Å². The molecular weight excluding hydrogens is 899 g/mol. The Balaban J connectivity index is 2.15. The molecule has 1 aliphatic rings. The summed E-state index contributed by atoms with van der Waals surface area (Å²) in [5.74, 6) is -0.205. The average Bonchev–Trinajstić information content (AvgIpc) is 3.38. The predicted octanol–water partition coefficient (Wildman–Crippen LogP) is 13.9. The number of carbonyl (C=O) groups is 1. The Kier molecular flexibility index (Phi) is 46.4. The highest BCUT2D eigenvalue weighted by Crippen LogP contribution is 2.22. The minimum Gasteiger partial charge on any atom is -0.394 e. The third-order valence-corrected chi connectivity index (χ3v) is 12.1. The summed E-state index contributed by atoms with van der Waals surface area (Å²) in [6, 6.07) is -0.835. The van der Waals surface area contributed by atoms with Gasteiger partial charge in [-0.05, 0) is 109 Å². The van der Waals surface area contributed by atoms with E-state index in [0.717, 1.165) is 116 Å². The Hall–Kier alpha value is -3.93. The summed E-state index contributed by atoms with van der Waals surface area (Å²) < 4.78 is 11.2. The first-order valence-electron chi connectivity index (χ1n) is 28.1.